The van der Waals surface area contributed by atoms with Gasteiger partial charge in [-0.2, -0.15) is 10.4 Å². The van der Waals surface area contributed by atoms with Crippen molar-refractivity contribution in [3.63, 3.8) is 0 Å². The fraction of sp³-hybridized carbons (Fsp3) is 0.273. The van der Waals surface area contributed by atoms with E-state index in [1.54, 1.807) is 13.0 Å². The van der Waals surface area contributed by atoms with Gasteiger partial charge in [0.25, 0.3) is 5.69 Å². The minimum Gasteiger partial charge on any atom is -0.410 e. The van der Waals surface area contributed by atoms with Crippen molar-refractivity contribution in [1.82, 2.24) is 51.6 Å². The number of ether oxygens (including phenoxy) is 1. The Labute approximate surface area is 446 Å². The Bertz CT molecular complexity index is 3530. The lowest BCUT2D eigenvalue weighted by molar-refractivity contribution is -0.384. The SMILES string of the molecule is Cc1cc(CC(=O)Nc2cc(-c3ccccc3-c3nn[nH]n3)ccc2N(C2CC2)C2CC2)no1.Cc1cc(NC(=O)Oc2ccc([N+](=O)[O-])cc2)no1.Nc1cc(-c2ccccc2-c2nn[nH]n2)ccc1N(C1CC1)C1CC1. The number of nitro benzene ring substituents is 1. The number of rotatable bonds is 16. The van der Waals surface area contributed by atoms with Gasteiger partial charge in [-0.05, 0) is 134 Å². The van der Waals surface area contributed by atoms with E-state index in [1.165, 1.54) is 87.4 Å². The van der Waals surface area contributed by atoms with Gasteiger partial charge in [0.15, 0.2) is 5.82 Å². The number of nitro groups is 1. The second kappa shape index (κ2) is 22.2. The topological polar surface area (TPSA) is 304 Å². The van der Waals surface area contributed by atoms with E-state index >= 15 is 0 Å². The summed E-state index contributed by atoms with van der Waals surface area (Å²) in [5, 5.41) is 52.5. The zero-order chi connectivity index (χ0) is 53.7. The monoisotopic (exact) mass is 1050 g/mol. The van der Waals surface area contributed by atoms with Gasteiger partial charge in [0, 0.05) is 59.6 Å². The average Bonchev–Trinajstić information content (AvgIpc) is 4.44. The Morgan fingerprint density at radius 2 is 1.17 bits per heavy atom. The van der Waals surface area contributed by atoms with Crippen LogP contribution in [0.25, 0.3) is 45.0 Å². The van der Waals surface area contributed by atoms with Crippen LogP contribution in [0.2, 0.25) is 0 Å². The number of nitrogens with one attached hydrogen (secondary N) is 4. The fourth-order valence-corrected chi connectivity index (χ4v) is 9.35. The van der Waals surface area contributed by atoms with Gasteiger partial charge in [0.05, 0.1) is 39.8 Å². The van der Waals surface area contributed by atoms with Crippen molar-refractivity contribution in [1.29, 1.82) is 0 Å². The van der Waals surface area contributed by atoms with Gasteiger partial charge < -0.3 is 34.6 Å². The van der Waals surface area contributed by atoms with Crippen molar-refractivity contribution in [2.45, 2.75) is 95.8 Å². The van der Waals surface area contributed by atoms with Crippen LogP contribution in [-0.2, 0) is 11.2 Å². The van der Waals surface area contributed by atoms with Crippen LogP contribution in [0, 0.1) is 24.0 Å². The quantitative estimate of drug-likeness (QED) is 0.0341. The van der Waals surface area contributed by atoms with E-state index in [9.17, 15) is 19.7 Å². The van der Waals surface area contributed by atoms with Crippen molar-refractivity contribution in [3.05, 3.63) is 149 Å². The first-order chi connectivity index (χ1) is 38.0. The van der Waals surface area contributed by atoms with Crippen molar-refractivity contribution in [3.8, 4) is 50.8 Å². The standard InChI is InChI=1S/C25H25N7O2.C19H20N6.C11H9N3O5/c1-15-12-17(29-34-15)14-24(33)26-22-13-16(6-11-23(22)32(18-7-8-18)19-9-10-19)20-4-2-3-5-21(20)25-27-30-31-28-25;20-17-11-12(5-10-18(17)25(13-6-7-13)14-8-9-14)15-3-1-2-4-16(15)19-21-23-24-22-19;1-7-6-10(13-19-7)12-11(15)18-9-4-2-8(3-5-9)14(16)17/h2-6,11-13,18-19H,7-10,14H2,1H3,(H,26,33)(H,27,28,30,31);1-5,10-11,13-14H,6-9,20H2,(H,21,22,23,24);2-6H,1H3,(H,12,13,15). The maximum atomic E-state index is 13.0. The number of amides is 2. The predicted molar refractivity (Wildman–Crippen MR) is 289 cm³/mol. The lowest BCUT2D eigenvalue weighted by atomic mass is 9.98. The molecule has 396 valence electrons. The highest BCUT2D eigenvalue weighted by Gasteiger charge is 2.41. The molecule has 0 spiro atoms. The molecule has 4 aliphatic carbocycles. The summed E-state index contributed by atoms with van der Waals surface area (Å²) < 4.78 is 14.8. The normalized spacial score (nSPS) is 14.5. The van der Waals surface area contributed by atoms with Gasteiger partial charge in [-0.1, -0.05) is 71.0 Å². The molecule has 0 bridgehead atoms. The molecule has 4 aromatic heterocycles. The number of tetrazole rings is 2. The van der Waals surface area contributed by atoms with Crippen LogP contribution in [0.15, 0.2) is 130 Å². The number of anilines is 5. The number of H-pyrrole nitrogens is 2. The van der Waals surface area contributed by atoms with Crippen LogP contribution in [0.4, 0.5) is 39.0 Å². The molecule has 4 saturated carbocycles. The van der Waals surface area contributed by atoms with E-state index < -0.39 is 11.0 Å². The molecule has 23 nitrogen and oxygen atoms in total. The summed E-state index contributed by atoms with van der Waals surface area (Å²) in [6.45, 7) is 3.50. The van der Waals surface area contributed by atoms with Gasteiger partial charge in [0.1, 0.15) is 17.3 Å². The lowest BCUT2D eigenvalue weighted by Crippen LogP contribution is -2.29. The Kier molecular flexibility index (Phi) is 14.3. The number of non-ortho nitro benzene ring substituents is 1. The number of nitrogens with zero attached hydrogens (tertiary/aromatic N) is 11. The minimum absolute atomic E-state index is 0.0834. The first-order valence-corrected chi connectivity index (χ1v) is 25.7. The number of aryl methyl sites for hydroxylation is 2. The number of aromatic amines is 2. The lowest BCUT2D eigenvalue weighted by Gasteiger charge is -2.28. The third-order valence-corrected chi connectivity index (χ3v) is 13.4. The Hall–Kier alpha value is -9.80. The molecule has 2 amide bonds. The van der Waals surface area contributed by atoms with E-state index in [0.29, 0.717) is 53.0 Å². The van der Waals surface area contributed by atoms with Gasteiger partial charge in [-0.3, -0.25) is 20.2 Å². The number of aromatic nitrogens is 10. The molecular weight excluding hydrogens is 997 g/mol. The fourth-order valence-electron chi connectivity index (χ4n) is 9.35. The van der Waals surface area contributed by atoms with Crippen LogP contribution < -0.4 is 30.9 Å². The zero-order valence-corrected chi connectivity index (χ0v) is 42.6. The molecule has 9 aromatic rings. The highest BCUT2D eigenvalue weighted by Crippen LogP contribution is 2.46. The van der Waals surface area contributed by atoms with E-state index in [0.717, 1.165) is 50.4 Å². The van der Waals surface area contributed by atoms with Gasteiger partial charge in [-0.15, -0.1) is 20.4 Å². The van der Waals surface area contributed by atoms with Gasteiger partial charge in [-0.25, -0.2) is 4.79 Å². The third kappa shape index (κ3) is 12.1. The molecule has 0 radical (unpaired) electrons. The Morgan fingerprint density at radius 1 is 0.654 bits per heavy atom. The molecule has 4 heterocycles. The Balaban J connectivity index is 0.000000130. The number of carbonyl (C=O) groups excluding carboxylic acids is 2. The second-order valence-electron chi connectivity index (χ2n) is 19.5. The second-order valence-corrected chi connectivity index (χ2v) is 19.5. The third-order valence-electron chi connectivity index (χ3n) is 13.4. The molecule has 4 fully saturated rings. The smallest absolute Gasteiger partial charge is 0.410 e. The van der Waals surface area contributed by atoms with Gasteiger partial charge in [0.2, 0.25) is 17.6 Å². The molecule has 0 unspecified atom stereocenters. The molecule has 23 heteroatoms. The molecule has 5 aromatic carbocycles. The summed E-state index contributed by atoms with van der Waals surface area (Å²) in [7, 11) is 0. The average molecular weight is 1050 g/mol. The molecule has 13 rings (SSSR count). The minimum atomic E-state index is -0.762. The molecule has 78 heavy (non-hydrogen) atoms. The maximum Gasteiger partial charge on any atom is 0.418 e. The summed E-state index contributed by atoms with van der Waals surface area (Å²) in [6, 6.07) is 39.6. The first-order valence-electron chi connectivity index (χ1n) is 25.7. The van der Waals surface area contributed by atoms with Crippen molar-refractivity contribution < 1.29 is 28.3 Å². The number of carbonyl (C=O) groups is 2. The summed E-state index contributed by atoms with van der Waals surface area (Å²) in [5.74, 6) is 2.65. The van der Waals surface area contributed by atoms with Crippen molar-refractivity contribution >= 4 is 46.3 Å². The number of hydrogen-bond donors (Lipinski definition) is 5. The van der Waals surface area contributed by atoms with Crippen LogP contribution in [0.5, 0.6) is 5.75 Å². The van der Waals surface area contributed by atoms with Crippen LogP contribution in [0.1, 0.15) is 68.6 Å². The zero-order valence-electron chi connectivity index (χ0n) is 42.6. The van der Waals surface area contributed by atoms with Crippen LogP contribution in [0.3, 0.4) is 0 Å². The maximum absolute atomic E-state index is 13.0. The number of nitrogens with two attached hydrogens (primary N) is 1. The summed E-state index contributed by atoms with van der Waals surface area (Å²) in [6.07, 6.45) is 9.35. The van der Waals surface area contributed by atoms with E-state index in [4.69, 9.17) is 19.5 Å². The highest BCUT2D eigenvalue weighted by atomic mass is 16.6. The van der Waals surface area contributed by atoms with Crippen molar-refractivity contribution in [2.75, 3.05) is 26.2 Å². The molecule has 0 saturated heterocycles. The Morgan fingerprint density at radius 3 is 1.64 bits per heavy atom. The first kappa shape index (κ1) is 50.4. The molecule has 0 aliphatic heterocycles. The van der Waals surface area contributed by atoms with Gasteiger partial charge >= 0.3 is 6.09 Å². The molecule has 4 aliphatic rings. The summed E-state index contributed by atoms with van der Waals surface area (Å²) >= 11 is 0. The predicted octanol–water partition coefficient (Wildman–Crippen LogP) is 9.89. The van der Waals surface area contributed by atoms with E-state index in [1.807, 2.05) is 49.4 Å². The summed E-state index contributed by atoms with van der Waals surface area (Å²) in [5.41, 5.74) is 16.8. The number of hydrogen-bond acceptors (Lipinski definition) is 18. The highest BCUT2D eigenvalue weighted by molar-refractivity contribution is 5.97. The number of benzene rings is 5. The molecule has 6 N–H and O–H groups in total. The van der Waals surface area contributed by atoms with E-state index in [-0.39, 0.29) is 29.6 Å². The van der Waals surface area contributed by atoms with Crippen LogP contribution in [-0.4, -0.2) is 92.7 Å². The largest absolute Gasteiger partial charge is 0.418 e. The number of nitrogen functional groups attached to an aromatic ring is 1. The molecular formula is C55H54N16O7. The van der Waals surface area contributed by atoms with Crippen LogP contribution >= 0.6 is 0 Å². The van der Waals surface area contributed by atoms with Crippen molar-refractivity contribution in [2.24, 2.45) is 0 Å². The van der Waals surface area contributed by atoms with E-state index in [2.05, 4.69) is 114 Å². The summed E-state index contributed by atoms with van der Waals surface area (Å²) in [4.78, 5) is 39.4. The molecule has 0 atom stereocenters.